The molecule has 2 nitrogen and oxygen atoms in total. The third-order valence-electron chi connectivity index (χ3n) is 1.56. The maximum Gasteiger partial charge on any atom is 0.0464 e. The van der Waals surface area contributed by atoms with Gasteiger partial charge in [-0.3, -0.25) is 0 Å². The minimum absolute atomic E-state index is 0.0787. The quantitative estimate of drug-likeness (QED) is 0.511. The number of hydrazone groups is 1. The van der Waals surface area contributed by atoms with E-state index in [2.05, 4.69) is 52.1 Å². The lowest BCUT2D eigenvalue weighted by Gasteiger charge is -2.19. The van der Waals surface area contributed by atoms with Crippen LogP contribution in [0.1, 0.15) is 48.0 Å². The van der Waals surface area contributed by atoms with Crippen LogP contribution < -0.4 is 5.43 Å². The van der Waals surface area contributed by atoms with E-state index in [1.165, 1.54) is 5.71 Å². The van der Waals surface area contributed by atoms with E-state index in [1.54, 1.807) is 0 Å². The van der Waals surface area contributed by atoms with Crippen molar-refractivity contribution < 1.29 is 0 Å². The Labute approximate surface area is 76.4 Å². The molecule has 0 saturated carbocycles. The maximum atomic E-state index is 4.38. The van der Waals surface area contributed by atoms with Gasteiger partial charge in [-0.2, -0.15) is 5.10 Å². The Bertz CT molecular complexity index is 152. The van der Waals surface area contributed by atoms with Crippen LogP contribution in [-0.4, -0.2) is 11.3 Å². The standard InChI is InChI=1S/C10H22N2/c1-7-9(8(2)3)11-12-10(4,5)6/h8,12H,7H2,1-6H3/b11-9+. The topological polar surface area (TPSA) is 24.4 Å². The summed E-state index contributed by atoms with van der Waals surface area (Å²) in [5.74, 6) is 0.546. The predicted molar refractivity (Wildman–Crippen MR) is 55.5 cm³/mol. The van der Waals surface area contributed by atoms with Crippen LogP contribution in [0.3, 0.4) is 0 Å². The van der Waals surface area contributed by atoms with Crippen LogP contribution in [0.25, 0.3) is 0 Å². The fraction of sp³-hybridized carbons (Fsp3) is 0.900. The Balaban J connectivity index is 4.13. The van der Waals surface area contributed by atoms with Gasteiger partial charge in [0.1, 0.15) is 0 Å². The smallest absolute Gasteiger partial charge is 0.0464 e. The summed E-state index contributed by atoms with van der Waals surface area (Å²) >= 11 is 0. The molecule has 1 N–H and O–H groups in total. The number of nitrogens with zero attached hydrogens (tertiary/aromatic N) is 1. The van der Waals surface area contributed by atoms with E-state index in [1.807, 2.05) is 0 Å². The van der Waals surface area contributed by atoms with Crippen molar-refractivity contribution in [2.24, 2.45) is 11.0 Å². The molecule has 0 atom stereocenters. The molecule has 0 aromatic rings. The van der Waals surface area contributed by atoms with Gasteiger partial charge in [0.25, 0.3) is 0 Å². The molecule has 0 aromatic carbocycles. The van der Waals surface area contributed by atoms with Gasteiger partial charge in [-0.25, -0.2) is 0 Å². The van der Waals surface area contributed by atoms with Gasteiger partial charge >= 0.3 is 0 Å². The van der Waals surface area contributed by atoms with Crippen molar-refractivity contribution in [1.82, 2.24) is 5.43 Å². The molecule has 0 bridgehead atoms. The molecular formula is C10H22N2. The molecule has 0 unspecified atom stereocenters. The third-order valence-corrected chi connectivity index (χ3v) is 1.56. The molecule has 0 heterocycles. The lowest BCUT2D eigenvalue weighted by Crippen LogP contribution is -2.32. The van der Waals surface area contributed by atoms with E-state index in [4.69, 9.17) is 0 Å². The van der Waals surface area contributed by atoms with Gasteiger partial charge in [-0.05, 0) is 33.1 Å². The zero-order chi connectivity index (χ0) is 9.78. The summed E-state index contributed by atoms with van der Waals surface area (Å²) < 4.78 is 0. The van der Waals surface area contributed by atoms with Crippen molar-refractivity contribution in [3.8, 4) is 0 Å². The second-order valence-electron chi connectivity index (χ2n) is 4.47. The highest BCUT2D eigenvalue weighted by atomic mass is 15.3. The Kier molecular flexibility index (Phi) is 4.29. The molecule has 0 saturated heterocycles. The molecular weight excluding hydrogens is 148 g/mol. The summed E-state index contributed by atoms with van der Waals surface area (Å²) in [6.07, 6.45) is 1.03. The van der Waals surface area contributed by atoms with Gasteiger partial charge < -0.3 is 5.43 Å². The van der Waals surface area contributed by atoms with Gasteiger partial charge in [0, 0.05) is 11.3 Å². The van der Waals surface area contributed by atoms with E-state index in [0.29, 0.717) is 5.92 Å². The zero-order valence-electron chi connectivity index (χ0n) is 9.23. The summed E-state index contributed by atoms with van der Waals surface area (Å²) in [4.78, 5) is 0. The van der Waals surface area contributed by atoms with Crippen molar-refractivity contribution in [2.75, 3.05) is 0 Å². The lowest BCUT2D eigenvalue weighted by atomic mass is 10.1. The first-order chi connectivity index (χ1) is 5.37. The molecule has 0 aliphatic rings. The predicted octanol–water partition coefficient (Wildman–Crippen LogP) is 2.80. The zero-order valence-corrected chi connectivity index (χ0v) is 9.23. The monoisotopic (exact) mass is 170 g/mol. The van der Waals surface area contributed by atoms with E-state index in [0.717, 1.165) is 6.42 Å². The van der Waals surface area contributed by atoms with Gasteiger partial charge in [0.2, 0.25) is 0 Å². The molecule has 0 fully saturated rings. The fourth-order valence-corrected chi connectivity index (χ4v) is 0.856. The lowest BCUT2D eigenvalue weighted by molar-refractivity contribution is 0.438. The van der Waals surface area contributed by atoms with Crippen LogP contribution in [0, 0.1) is 5.92 Å². The van der Waals surface area contributed by atoms with E-state index < -0.39 is 0 Å². The highest BCUT2D eigenvalue weighted by Crippen LogP contribution is 2.03. The van der Waals surface area contributed by atoms with Crippen LogP contribution >= 0.6 is 0 Å². The first kappa shape index (κ1) is 11.5. The largest absolute Gasteiger partial charge is 0.305 e. The Morgan fingerprint density at radius 3 is 2.08 bits per heavy atom. The molecule has 0 radical (unpaired) electrons. The number of nitrogens with one attached hydrogen (secondary N) is 1. The molecule has 0 aromatic heterocycles. The Morgan fingerprint density at radius 2 is 1.83 bits per heavy atom. The van der Waals surface area contributed by atoms with E-state index >= 15 is 0 Å². The van der Waals surface area contributed by atoms with Gasteiger partial charge in [0.05, 0.1) is 0 Å². The van der Waals surface area contributed by atoms with Crippen LogP contribution in [0.15, 0.2) is 5.10 Å². The van der Waals surface area contributed by atoms with Crippen molar-refractivity contribution in [1.29, 1.82) is 0 Å². The molecule has 0 rings (SSSR count). The number of hydrogen-bond acceptors (Lipinski definition) is 2. The maximum absolute atomic E-state index is 4.38. The Hall–Kier alpha value is -0.530. The van der Waals surface area contributed by atoms with Crippen molar-refractivity contribution in [3.05, 3.63) is 0 Å². The average molecular weight is 170 g/mol. The molecule has 2 heteroatoms. The third kappa shape index (κ3) is 5.16. The van der Waals surface area contributed by atoms with Gasteiger partial charge in [-0.1, -0.05) is 20.8 Å². The molecule has 12 heavy (non-hydrogen) atoms. The second-order valence-corrected chi connectivity index (χ2v) is 4.47. The summed E-state index contributed by atoms with van der Waals surface area (Å²) in [6, 6.07) is 0. The van der Waals surface area contributed by atoms with Gasteiger partial charge in [0.15, 0.2) is 0 Å². The average Bonchev–Trinajstić information content (AvgIpc) is 1.85. The SMILES string of the molecule is CC/C(=N\NC(C)(C)C)C(C)C. The van der Waals surface area contributed by atoms with Crippen LogP contribution in [0.4, 0.5) is 0 Å². The van der Waals surface area contributed by atoms with Crippen LogP contribution in [0.5, 0.6) is 0 Å². The fourth-order valence-electron chi connectivity index (χ4n) is 0.856. The highest BCUT2D eigenvalue weighted by molar-refractivity contribution is 5.85. The van der Waals surface area contributed by atoms with Crippen LogP contribution in [0.2, 0.25) is 0 Å². The summed E-state index contributed by atoms with van der Waals surface area (Å²) in [6.45, 7) is 12.8. The van der Waals surface area contributed by atoms with Crippen LogP contribution in [-0.2, 0) is 0 Å². The second kappa shape index (κ2) is 4.48. The number of rotatable bonds is 3. The van der Waals surface area contributed by atoms with Crippen molar-refractivity contribution in [2.45, 2.75) is 53.5 Å². The molecule has 0 amide bonds. The molecule has 72 valence electrons. The van der Waals surface area contributed by atoms with Crippen molar-refractivity contribution in [3.63, 3.8) is 0 Å². The number of hydrogen-bond donors (Lipinski definition) is 1. The Morgan fingerprint density at radius 1 is 1.33 bits per heavy atom. The highest BCUT2D eigenvalue weighted by Gasteiger charge is 2.08. The first-order valence-electron chi connectivity index (χ1n) is 4.70. The minimum Gasteiger partial charge on any atom is -0.305 e. The van der Waals surface area contributed by atoms with E-state index in [-0.39, 0.29) is 5.54 Å². The molecule has 0 aliphatic heterocycles. The molecule has 0 spiro atoms. The van der Waals surface area contributed by atoms with E-state index in [9.17, 15) is 0 Å². The summed E-state index contributed by atoms with van der Waals surface area (Å²) in [5, 5.41) is 4.38. The summed E-state index contributed by atoms with van der Waals surface area (Å²) in [7, 11) is 0. The van der Waals surface area contributed by atoms with Crippen molar-refractivity contribution >= 4 is 5.71 Å². The normalized spacial score (nSPS) is 13.8. The minimum atomic E-state index is 0.0787. The summed E-state index contributed by atoms with van der Waals surface area (Å²) in [5.41, 5.74) is 4.46. The van der Waals surface area contributed by atoms with Gasteiger partial charge in [-0.15, -0.1) is 0 Å². The molecule has 0 aliphatic carbocycles. The first-order valence-corrected chi connectivity index (χ1v) is 4.70.